The first-order chi connectivity index (χ1) is 11.1. The van der Waals surface area contributed by atoms with Crippen LogP contribution in [0.25, 0.3) is 0 Å². The van der Waals surface area contributed by atoms with E-state index in [9.17, 15) is 5.11 Å². The Morgan fingerprint density at radius 1 is 1.48 bits per heavy atom. The monoisotopic (exact) mass is 334 g/mol. The number of phenolic OH excluding ortho intramolecular Hbond substituents is 1. The minimum absolute atomic E-state index is 0.307. The molecule has 0 saturated carbocycles. The highest BCUT2D eigenvalue weighted by Crippen LogP contribution is 2.29. The minimum Gasteiger partial charge on any atom is -0.508 e. The molecule has 1 unspecified atom stereocenters. The van der Waals surface area contributed by atoms with Gasteiger partial charge in [0.1, 0.15) is 5.75 Å². The van der Waals surface area contributed by atoms with E-state index in [-0.39, 0.29) is 0 Å². The number of rotatable bonds is 8. The second kappa shape index (κ2) is 8.70. The summed E-state index contributed by atoms with van der Waals surface area (Å²) in [6.45, 7) is 2.85. The van der Waals surface area contributed by atoms with Gasteiger partial charge in [-0.25, -0.2) is 0 Å². The largest absolute Gasteiger partial charge is 0.508 e. The van der Waals surface area contributed by atoms with E-state index < -0.39 is 0 Å². The van der Waals surface area contributed by atoms with Gasteiger partial charge in [0.15, 0.2) is 0 Å². The van der Waals surface area contributed by atoms with Crippen molar-refractivity contribution in [1.82, 2.24) is 15.1 Å². The fourth-order valence-corrected chi connectivity index (χ4v) is 2.41. The first kappa shape index (κ1) is 17.5. The molecule has 1 aromatic heterocycles. The quantitative estimate of drug-likeness (QED) is 0.725. The van der Waals surface area contributed by atoms with Crippen molar-refractivity contribution in [2.45, 2.75) is 38.8 Å². The second-order valence-electron chi connectivity index (χ2n) is 5.53. The van der Waals surface area contributed by atoms with Crippen LogP contribution in [0, 0.1) is 0 Å². The second-order valence-corrected chi connectivity index (χ2v) is 5.96. The summed E-state index contributed by atoms with van der Waals surface area (Å²) in [5, 5.41) is 18.1. The molecule has 2 N–H and O–H groups in total. The Balaban J connectivity index is 1.97. The van der Waals surface area contributed by atoms with Gasteiger partial charge in [-0.15, -0.1) is 0 Å². The molecule has 0 saturated heterocycles. The average Bonchev–Trinajstić information content (AvgIpc) is 2.95. The molecule has 0 aliphatic carbocycles. The van der Waals surface area contributed by atoms with Gasteiger partial charge in [-0.3, -0.25) is 9.67 Å². The molecule has 23 heavy (non-hydrogen) atoms. The lowest BCUT2D eigenvalue weighted by atomic mass is 10.0. The topological polar surface area (TPSA) is 62.4 Å². The predicted octanol–water partition coefficient (Wildman–Crippen LogP) is 3.58. The van der Waals surface area contributed by atoms with Gasteiger partial charge in [0.2, 0.25) is 0 Å². The van der Waals surface area contributed by atoms with Crippen molar-refractivity contribution < 1.29 is 5.11 Å². The minimum atomic E-state index is 0.307. The van der Waals surface area contributed by atoms with Crippen LogP contribution < -0.4 is 5.32 Å². The lowest BCUT2D eigenvalue weighted by Gasteiger charge is -2.12. The van der Waals surface area contributed by atoms with Crippen molar-refractivity contribution in [3.8, 4) is 5.75 Å². The van der Waals surface area contributed by atoms with E-state index in [1.54, 1.807) is 23.1 Å². The van der Waals surface area contributed by atoms with Crippen LogP contribution in [0.4, 0.5) is 5.69 Å². The molecule has 5 nitrogen and oxygen atoms in total. The zero-order valence-electron chi connectivity index (χ0n) is 13.5. The fourth-order valence-electron chi connectivity index (χ4n) is 2.26. The fraction of sp³-hybridized carbons (Fsp3) is 0.412. The number of benzene rings is 1. The Kier molecular flexibility index (Phi) is 6.62. The predicted molar refractivity (Wildman–Crippen MR) is 95.0 cm³/mol. The molecular weight excluding hydrogens is 312 g/mol. The van der Waals surface area contributed by atoms with Crippen LogP contribution in [0.5, 0.6) is 5.75 Å². The number of halogens is 1. The third kappa shape index (κ3) is 5.37. The Labute approximate surface area is 142 Å². The molecule has 0 bridgehead atoms. The SMILES string of the molecule is CNC(C)CCc1c(O)cccc1/N=C/CCn1cc(Cl)cn1. The van der Waals surface area contributed by atoms with Crippen LogP contribution in [0.1, 0.15) is 25.3 Å². The highest BCUT2D eigenvalue weighted by molar-refractivity contribution is 6.30. The van der Waals surface area contributed by atoms with Gasteiger partial charge < -0.3 is 10.4 Å². The van der Waals surface area contributed by atoms with Crippen molar-refractivity contribution in [1.29, 1.82) is 0 Å². The van der Waals surface area contributed by atoms with Gasteiger partial charge in [-0.05, 0) is 38.9 Å². The van der Waals surface area contributed by atoms with Gasteiger partial charge in [0, 0.05) is 37.0 Å². The van der Waals surface area contributed by atoms with Gasteiger partial charge in [-0.2, -0.15) is 5.10 Å². The van der Waals surface area contributed by atoms with E-state index in [0.717, 1.165) is 37.1 Å². The van der Waals surface area contributed by atoms with Crippen molar-refractivity contribution in [2.75, 3.05) is 7.05 Å². The highest BCUT2D eigenvalue weighted by atomic mass is 35.5. The molecule has 0 aliphatic rings. The van der Waals surface area contributed by atoms with E-state index in [0.29, 0.717) is 16.8 Å². The Bertz CT molecular complexity index is 654. The number of aromatic hydroxyl groups is 1. The maximum Gasteiger partial charge on any atom is 0.120 e. The summed E-state index contributed by atoms with van der Waals surface area (Å²) < 4.78 is 1.78. The number of aliphatic imine (C=N–C) groups is 1. The molecule has 0 fully saturated rings. The molecule has 1 aromatic carbocycles. The molecule has 0 radical (unpaired) electrons. The third-order valence-corrected chi connectivity index (χ3v) is 3.96. The zero-order valence-corrected chi connectivity index (χ0v) is 14.3. The first-order valence-electron chi connectivity index (χ1n) is 7.78. The van der Waals surface area contributed by atoms with E-state index in [1.165, 1.54) is 0 Å². The summed E-state index contributed by atoms with van der Waals surface area (Å²) in [6.07, 6.45) is 7.75. The molecule has 0 amide bonds. The van der Waals surface area contributed by atoms with E-state index >= 15 is 0 Å². The molecule has 6 heteroatoms. The molecule has 0 aliphatic heterocycles. The van der Waals surface area contributed by atoms with Gasteiger partial charge >= 0.3 is 0 Å². The van der Waals surface area contributed by atoms with Crippen molar-refractivity contribution in [3.63, 3.8) is 0 Å². The number of nitrogens with one attached hydrogen (secondary N) is 1. The summed E-state index contributed by atoms with van der Waals surface area (Å²) >= 11 is 5.83. The first-order valence-corrected chi connectivity index (χ1v) is 8.16. The molecule has 2 aromatic rings. The van der Waals surface area contributed by atoms with Gasteiger partial charge in [0.25, 0.3) is 0 Å². The standard InChI is InChI=1S/C17H23ClN4O/c1-13(19-2)7-8-15-16(5-3-6-17(15)23)20-9-4-10-22-12-14(18)11-21-22/h3,5-6,9,11-13,19,23H,4,7-8,10H2,1-2H3/b20-9+. The number of phenols is 1. The van der Waals surface area contributed by atoms with Crippen LogP contribution in [-0.4, -0.2) is 34.2 Å². The van der Waals surface area contributed by atoms with Crippen LogP contribution in [0.2, 0.25) is 5.02 Å². The molecule has 1 heterocycles. The van der Waals surface area contributed by atoms with E-state index in [2.05, 4.69) is 22.3 Å². The Morgan fingerprint density at radius 3 is 3.00 bits per heavy atom. The number of aromatic nitrogens is 2. The molecule has 1 atom stereocenters. The maximum absolute atomic E-state index is 10.1. The lowest BCUT2D eigenvalue weighted by molar-refractivity contribution is 0.464. The van der Waals surface area contributed by atoms with Crippen LogP contribution in [-0.2, 0) is 13.0 Å². The number of aryl methyl sites for hydroxylation is 1. The Hall–Kier alpha value is -1.85. The normalized spacial score (nSPS) is 12.8. The molecular formula is C17H23ClN4O. The van der Waals surface area contributed by atoms with Gasteiger partial charge in [0.05, 0.1) is 16.9 Å². The van der Waals surface area contributed by atoms with Crippen LogP contribution >= 0.6 is 11.6 Å². The third-order valence-electron chi connectivity index (χ3n) is 3.77. The maximum atomic E-state index is 10.1. The smallest absolute Gasteiger partial charge is 0.120 e. The number of nitrogens with zero attached hydrogens (tertiary/aromatic N) is 3. The van der Waals surface area contributed by atoms with Crippen LogP contribution in [0.15, 0.2) is 35.6 Å². The van der Waals surface area contributed by atoms with Crippen molar-refractivity contribution in [2.24, 2.45) is 4.99 Å². The summed E-state index contributed by atoms with van der Waals surface area (Å²) in [6, 6.07) is 5.86. The zero-order chi connectivity index (χ0) is 16.7. The summed E-state index contributed by atoms with van der Waals surface area (Å²) in [7, 11) is 1.94. The number of hydrogen-bond acceptors (Lipinski definition) is 4. The van der Waals surface area contributed by atoms with Gasteiger partial charge in [-0.1, -0.05) is 17.7 Å². The summed E-state index contributed by atoms with van der Waals surface area (Å²) in [5.74, 6) is 0.307. The number of hydrogen-bond donors (Lipinski definition) is 2. The van der Waals surface area contributed by atoms with Crippen molar-refractivity contribution >= 4 is 23.5 Å². The molecule has 0 spiro atoms. The van der Waals surface area contributed by atoms with Crippen LogP contribution in [0.3, 0.4) is 0 Å². The summed E-state index contributed by atoms with van der Waals surface area (Å²) in [5.41, 5.74) is 1.72. The highest BCUT2D eigenvalue weighted by Gasteiger charge is 2.08. The van der Waals surface area contributed by atoms with E-state index in [1.807, 2.05) is 25.4 Å². The molecule has 2 rings (SSSR count). The lowest BCUT2D eigenvalue weighted by Crippen LogP contribution is -2.21. The Morgan fingerprint density at radius 2 is 2.30 bits per heavy atom. The van der Waals surface area contributed by atoms with E-state index in [4.69, 9.17) is 11.6 Å². The van der Waals surface area contributed by atoms with Crippen molar-refractivity contribution in [3.05, 3.63) is 41.2 Å². The summed E-state index contributed by atoms with van der Waals surface area (Å²) in [4.78, 5) is 4.51. The average molecular weight is 335 g/mol. The molecule has 124 valence electrons.